The van der Waals surface area contributed by atoms with Gasteiger partial charge in [-0.3, -0.25) is 0 Å². The normalized spacial score (nSPS) is 22.2. The standard InChI is InChI=1S/C17H21NOS/c19-17-8-4-7-14(17)10-18-11-16-9-15(12-20-16)13-5-2-1-3-6-13/h1-3,5-6,9,12,14,17-19H,4,7-8,10-11H2. The van der Waals surface area contributed by atoms with Crippen molar-refractivity contribution in [1.29, 1.82) is 0 Å². The Labute approximate surface area is 124 Å². The van der Waals surface area contributed by atoms with E-state index in [1.807, 2.05) is 6.07 Å². The molecule has 3 rings (SSSR count). The molecule has 20 heavy (non-hydrogen) atoms. The molecule has 1 aliphatic carbocycles. The molecule has 2 unspecified atom stereocenters. The van der Waals surface area contributed by atoms with Crippen LogP contribution in [0.25, 0.3) is 11.1 Å². The Balaban J connectivity index is 1.53. The van der Waals surface area contributed by atoms with Crippen LogP contribution in [0.1, 0.15) is 24.1 Å². The van der Waals surface area contributed by atoms with Crippen LogP contribution in [-0.2, 0) is 6.54 Å². The maximum atomic E-state index is 9.80. The molecular weight excluding hydrogens is 266 g/mol. The number of rotatable bonds is 5. The first-order chi connectivity index (χ1) is 9.83. The Morgan fingerprint density at radius 1 is 1.15 bits per heavy atom. The van der Waals surface area contributed by atoms with Crippen molar-refractivity contribution >= 4 is 11.3 Å². The monoisotopic (exact) mass is 287 g/mol. The van der Waals surface area contributed by atoms with Crippen LogP contribution in [0.3, 0.4) is 0 Å². The van der Waals surface area contributed by atoms with Crippen LogP contribution in [-0.4, -0.2) is 17.8 Å². The van der Waals surface area contributed by atoms with Crippen molar-refractivity contribution in [2.45, 2.75) is 31.9 Å². The zero-order chi connectivity index (χ0) is 13.8. The minimum Gasteiger partial charge on any atom is -0.393 e. The van der Waals surface area contributed by atoms with E-state index in [9.17, 15) is 5.11 Å². The molecule has 106 valence electrons. The maximum Gasteiger partial charge on any atom is 0.0580 e. The van der Waals surface area contributed by atoms with E-state index < -0.39 is 0 Å². The lowest BCUT2D eigenvalue weighted by molar-refractivity contribution is 0.131. The zero-order valence-electron chi connectivity index (χ0n) is 11.6. The SMILES string of the molecule is OC1CCCC1CNCc1cc(-c2ccccc2)cs1. The van der Waals surface area contributed by atoms with Crippen molar-refractivity contribution < 1.29 is 5.11 Å². The van der Waals surface area contributed by atoms with E-state index in [2.05, 4.69) is 41.0 Å². The molecule has 0 spiro atoms. The van der Waals surface area contributed by atoms with Crippen LogP contribution in [0, 0.1) is 5.92 Å². The highest BCUT2D eigenvalue weighted by atomic mass is 32.1. The Morgan fingerprint density at radius 3 is 2.75 bits per heavy atom. The number of hydrogen-bond donors (Lipinski definition) is 2. The smallest absolute Gasteiger partial charge is 0.0580 e. The Bertz CT molecular complexity index is 537. The third-order valence-electron chi connectivity index (χ3n) is 4.09. The molecule has 3 heteroatoms. The van der Waals surface area contributed by atoms with Crippen LogP contribution in [0.4, 0.5) is 0 Å². The van der Waals surface area contributed by atoms with Crippen molar-refractivity contribution in [2.75, 3.05) is 6.54 Å². The average Bonchev–Trinajstić information content (AvgIpc) is 3.10. The summed E-state index contributed by atoms with van der Waals surface area (Å²) >= 11 is 1.80. The predicted molar refractivity (Wildman–Crippen MR) is 84.8 cm³/mol. The lowest BCUT2D eigenvalue weighted by Gasteiger charge is -2.14. The molecule has 0 saturated heterocycles. The lowest BCUT2D eigenvalue weighted by atomic mass is 10.1. The summed E-state index contributed by atoms with van der Waals surface area (Å²) in [6.45, 7) is 1.83. The van der Waals surface area contributed by atoms with Gasteiger partial charge in [0.1, 0.15) is 0 Å². The Kier molecular flexibility index (Phi) is 4.51. The van der Waals surface area contributed by atoms with E-state index in [-0.39, 0.29) is 6.10 Å². The Hall–Kier alpha value is -1.16. The first kappa shape index (κ1) is 13.8. The first-order valence-electron chi connectivity index (χ1n) is 7.34. The number of aliphatic hydroxyl groups is 1. The predicted octanol–water partition coefficient (Wildman–Crippen LogP) is 3.67. The summed E-state index contributed by atoms with van der Waals surface area (Å²) in [6, 6.07) is 12.8. The van der Waals surface area contributed by atoms with Gasteiger partial charge in [0.25, 0.3) is 0 Å². The van der Waals surface area contributed by atoms with Crippen molar-refractivity contribution in [1.82, 2.24) is 5.32 Å². The first-order valence-corrected chi connectivity index (χ1v) is 8.22. The number of thiophene rings is 1. The van der Waals surface area contributed by atoms with E-state index >= 15 is 0 Å². The summed E-state index contributed by atoms with van der Waals surface area (Å²) in [5.74, 6) is 0.448. The molecule has 0 aliphatic heterocycles. The minimum absolute atomic E-state index is 0.0919. The quantitative estimate of drug-likeness (QED) is 0.879. The molecule has 1 fully saturated rings. The van der Waals surface area contributed by atoms with Gasteiger partial charge < -0.3 is 10.4 Å². The molecule has 2 atom stereocenters. The summed E-state index contributed by atoms with van der Waals surface area (Å²) in [5.41, 5.74) is 2.58. The number of benzene rings is 1. The fourth-order valence-electron chi connectivity index (χ4n) is 2.89. The molecule has 0 amide bonds. The summed E-state index contributed by atoms with van der Waals surface area (Å²) in [7, 11) is 0. The lowest BCUT2D eigenvalue weighted by Crippen LogP contribution is -2.27. The summed E-state index contributed by atoms with van der Waals surface area (Å²) in [6.07, 6.45) is 3.22. The molecular formula is C17H21NOS. The second kappa shape index (κ2) is 6.53. The van der Waals surface area contributed by atoms with Gasteiger partial charge in [-0.15, -0.1) is 11.3 Å². The van der Waals surface area contributed by atoms with Crippen molar-refractivity contribution in [3.63, 3.8) is 0 Å². The van der Waals surface area contributed by atoms with Gasteiger partial charge in [-0.05, 0) is 41.3 Å². The van der Waals surface area contributed by atoms with Gasteiger partial charge in [0.2, 0.25) is 0 Å². The van der Waals surface area contributed by atoms with Crippen molar-refractivity contribution in [3.05, 3.63) is 46.7 Å². The molecule has 2 N–H and O–H groups in total. The van der Waals surface area contributed by atoms with Crippen molar-refractivity contribution in [2.24, 2.45) is 5.92 Å². The summed E-state index contributed by atoms with van der Waals surface area (Å²) < 4.78 is 0. The third-order valence-corrected chi connectivity index (χ3v) is 5.02. The largest absolute Gasteiger partial charge is 0.393 e. The number of nitrogens with one attached hydrogen (secondary N) is 1. The van der Waals surface area contributed by atoms with E-state index in [0.717, 1.165) is 25.9 Å². The second-order valence-corrected chi connectivity index (χ2v) is 6.55. The highest BCUT2D eigenvalue weighted by molar-refractivity contribution is 7.10. The number of aliphatic hydroxyl groups excluding tert-OH is 1. The molecule has 1 aromatic heterocycles. The van der Waals surface area contributed by atoms with Gasteiger partial charge in [-0.2, -0.15) is 0 Å². The minimum atomic E-state index is -0.0919. The molecule has 1 saturated carbocycles. The van der Waals surface area contributed by atoms with Gasteiger partial charge >= 0.3 is 0 Å². The second-order valence-electron chi connectivity index (χ2n) is 5.56. The highest BCUT2D eigenvalue weighted by Gasteiger charge is 2.24. The topological polar surface area (TPSA) is 32.3 Å². The van der Waals surface area contributed by atoms with Crippen molar-refractivity contribution in [3.8, 4) is 11.1 Å². The highest BCUT2D eigenvalue weighted by Crippen LogP contribution is 2.26. The van der Waals surface area contributed by atoms with Crippen LogP contribution >= 0.6 is 11.3 Å². The molecule has 1 heterocycles. The zero-order valence-corrected chi connectivity index (χ0v) is 12.4. The van der Waals surface area contributed by atoms with Gasteiger partial charge in [0.15, 0.2) is 0 Å². The fraction of sp³-hybridized carbons (Fsp3) is 0.412. The van der Waals surface area contributed by atoms with E-state index in [1.165, 1.54) is 22.4 Å². The molecule has 0 radical (unpaired) electrons. The molecule has 2 nitrogen and oxygen atoms in total. The van der Waals surface area contributed by atoms with E-state index in [0.29, 0.717) is 5.92 Å². The molecule has 1 aliphatic rings. The van der Waals surface area contributed by atoms with Crippen LogP contribution in [0.5, 0.6) is 0 Å². The Morgan fingerprint density at radius 2 is 2.00 bits per heavy atom. The van der Waals surface area contributed by atoms with Gasteiger partial charge in [0.05, 0.1) is 6.10 Å². The molecule has 2 aromatic rings. The van der Waals surface area contributed by atoms with E-state index in [1.54, 1.807) is 11.3 Å². The molecule has 1 aromatic carbocycles. The third kappa shape index (κ3) is 3.29. The van der Waals surface area contributed by atoms with Gasteiger partial charge in [-0.1, -0.05) is 36.8 Å². The maximum absolute atomic E-state index is 9.80. The molecule has 0 bridgehead atoms. The summed E-state index contributed by atoms with van der Waals surface area (Å²) in [4.78, 5) is 1.36. The van der Waals surface area contributed by atoms with Crippen LogP contribution in [0.15, 0.2) is 41.8 Å². The summed E-state index contributed by atoms with van der Waals surface area (Å²) in [5, 5.41) is 15.5. The number of hydrogen-bond acceptors (Lipinski definition) is 3. The van der Waals surface area contributed by atoms with Crippen LogP contribution in [0.2, 0.25) is 0 Å². The fourth-order valence-corrected chi connectivity index (χ4v) is 3.75. The van der Waals surface area contributed by atoms with Gasteiger partial charge in [-0.25, -0.2) is 0 Å². The van der Waals surface area contributed by atoms with E-state index in [4.69, 9.17) is 0 Å². The average molecular weight is 287 g/mol. The van der Waals surface area contributed by atoms with Crippen LogP contribution < -0.4 is 5.32 Å². The van der Waals surface area contributed by atoms with Gasteiger partial charge in [0, 0.05) is 18.0 Å².